The van der Waals surface area contributed by atoms with Gasteiger partial charge in [0.15, 0.2) is 0 Å². The lowest BCUT2D eigenvalue weighted by atomic mass is 10.1. The molecule has 0 aliphatic rings. The highest BCUT2D eigenvalue weighted by Gasteiger charge is 2.01. The van der Waals surface area contributed by atoms with Crippen LogP contribution in [0.4, 0.5) is 0 Å². The number of hydrogen-bond donors (Lipinski definition) is 1. The van der Waals surface area contributed by atoms with Gasteiger partial charge in [0, 0.05) is 5.92 Å². The summed E-state index contributed by atoms with van der Waals surface area (Å²) in [6, 6.07) is 0. The van der Waals surface area contributed by atoms with Crippen molar-refractivity contribution in [1.82, 2.24) is 0 Å². The summed E-state index contributed by atoms with van der Waals surface area (Å²) in [5.74, 6) is 0.227. The van der Waals surface area contributed by atoms with Crippen LogP contribution in [0, 0.1) is 5.92 Å². The molecule has 2 nitrogen and oxygen atoms in total. The molecule has 0 amide bonds. The first kappa shape index (κ1) is 13.2. The van der Waals surface area contributed by atoms with E-state index in [0.29, 0.717) is 0 Å². The van der Waals surface area contributed by atoms with E-state index in [0.717, 1.165) is 0 Å². The first-order chi connectivity index (χ1) is 5.09. The molecule has 0 spiro atoms. The van der Waals surface area contributed by atoms with Crippen molar-refractivity contribution in [2.24, 2.45) is 11.7 Å². The summed E-state index contributed by atoms with van der Waals surface area (Å²) in [4.78, 5) is 10.4. The van der Waals surface area contributed by atoms with Crippen LogP contribution in [0.2, 0.25) is 0 Å². The number of hydrogen-bond acceptors (Lipinski definition) is 2. The summed E-state index contributed by atoms with van der Waals surface area (Å²) in [5, 5.41) is 0. The number of rotatable bonds is 3. The molecule has 0 aliphatic carbocycles. The molecule has 0 fully saturated rings. The third-order valence-corrected chi connectivity index (χ3v) is 1.35. The van der Waals surface area contributed by atoms with Crippen LogP contribution in [-0.2, 0) is 4.79 Å². The predicted octanol–water partition coefficient (Wildman–Crippen LogP) is 1.98. The fourth-order valence-corrected chi connectivity index (χ4v) is 0.236. The minimum atomic E-state index is 0.102. The van der Waals surface area contributed by atoms with Crippen LogP contribution < -0.4 is 5.73 Å². The van der Waals surface area contributed by atoms with E-state index < -0.39 is 0 Å². The minimum absolute atomic E-state index is 0.102. The average molecular weight is 159 g/mol. The Hall–Kier alpha value is -0.370. The molecule has 0 aromatic rings. The van der Waals surface area contributed by atoms with Crippen LogP contribution in [0.3, 0.4) is 0 Å². The van der Waals surface area contributed by atoms with Crippen molar-refractivity contribution in [2.75, 3.05) is 6.54 Å². The Bertz CT molecular complexity index is 87.6. The van der Waals surface area contributed by atoms with E-state index in [9.17, 15) is 4.79 Å². The fraction of sp³-hybridized carbons (Fsp3) is 0.889. The second kappa shape index (κ2) is 9.63. The van der Waals surface area contributed by atoms with Gasteiger partial charge in [0.05, 0.1) is 6.54 Å². The Kier molecular flexibility index (Phi) is 11.6. The van der Waals surface area contributed by atoms with Crippen LogP contribution in [0.25, 0.3) is 0 Å². The largest absolute Gasteiger partial charge is 0.324 e. The molecule has 0 unspecified atom stereocenters. The van der Waals surface area contributed by atoms with Crippen molar-refractivity contribution in [1.29, 1.82) is 0 Å². The third-order valence-electron chi connectivity index (χ3n) is 1.35. The van der Waals surface area contributed by atoms with E-state index in [4.69, 9.17) is 5.73 Å². The van der Waals surface area contributed by atoms with Gasteiger partial charge in [-0.15, -0.1) is 0 Å². The molecule has 0 heterocycles. The molecule has 0 radical (unpaired) electrons. The van der Waals surface area contributed by atoms with E-state index in [1.54, 1.807) is 0 Å². The SMILES string of the molecule is CC(C)C(=O)CN.CCCC. The highest BCUT2D eigenvalue weighted by atomic mass is 16.1. The van der Waals surface area contributed by atoms with Gasteiger partial charge in [-0.25, -0.2) is 0 Å². The molecule has 2 heteroatoms. The number of nitrogens with two attached hydrogens (primary N) is 1. The monoisotopic (exact) mass is 159 g/mol. The molecule has 11 heavy (non-hydrogen) atoms. The zero-order chi connectivity index (χ0) is 9.28. The van der Waals surface area contributed by atoms with E-state index in [-0.39, 0.29) is 18.2 Å². The molecule has 0 rings (SSSR count). The number of unbranched alkanes of at least 4 members (excludes halogenated alkanes) is 1. The third kappa shape index (κ3) is 12.8. The summed E-state index contributed by atoms with van der Waals surface area (Å²) in [5.41, 5.74) is 5.02. The Morgan fingerprint density at radius 3 is 1.64 bits per heavy atom. The van der Waals surface area contributed by atoms with Crippen LogP contribution in [0.15, 0.2) is 0 Å². The Morgan fingerprint density at radius 2 is 1.64 bits per heavy atom. The molecule has 0 aliphatic heterocycles. The highest BCUT2D eigenvalue weighted by molar-refractivity contribution is 5.81. The summed E-state index contributed by atoms with van der Waals surface area (Å²) < 4.78 is 0. The van der Waals surface area contributed by atoms with Crippen LogP contribution in [0.5, 0.6) is 0 Å². The zero-order valence-electron chi connectivity index (χ0n) is 8.18. The molecular weight excluding hydrogens is 138 g/mol. The van der Waals surface area contributed by atoms with E-state index in [1.807, 2.05) is 13.8 Å². The molecule has 0 atom stereocenters. The van der Waals surface area contributed by atoms with Gasteiger partial charge in [-0.05, 0) is 0 Å². The lowest BCUT2D eigenvalue weighted by Crippen LogP contribution is -2.18. The van der Waals surface area contributed by atoms with Gasteiger partial charge in [0.2, 0.25) is 0 Å². The van der Waals surface area contributed by atoms with Gasteiger partial charge >= 0.3 is 0 Å². The van der Waals surface area contributed by atoms with Gasteiger partial charge in [0.25, 0.3) is 0 Å². The maximum Gasteiger partial charge on any atom is 0.148 e. The molecule has 0 saturated carbocycles. The predicted molar refractivity (Wildman–Crippen MR) is 49.5 cm³/mol. The minimum Gasteiger partial charge on any atom is -0.324 e. The molecule has 0 bridgehead atoms. The van der Waals surface area contributed by atoms with E-state index in [2.05, 4.69) is 13.8 Å². The van der Waals surface area contributed by atoms with Crippen molar-refractivity contribution in [3.05, 3.63) is 0 Å². The maximum absolute atomic E-state index is 10.4. The Balaban J connectivity index is 0. The van der Waals surface area contributed by atoms with Crippen molar-refractivity contribution in [3.8, 4) is 0 Å². The second-order valence-electron chi connectivity index (χ2n) is 2.83. The number of ketones is 1. The molecule has 68 valence electrons. The van der Waals surface area contributed by atoms with Crippen molar-refractivity contribution in [2.45, 2.75) is 40.5 Å². The maximum atomic E-state index is 10.4. The van der Waals surface area contributed by atoms with Crippen LogP contribution in [0.1, 0.15) is 40.5 Å². The fourth-order valence-electron chi connectivity index (χ4n) is 0.236. The highest BCUT2D eigenvalue weighted by Crippen LogP contribution is 1.89. The summed E-state index contributed by atoms with van der Waals surface area (Å²) >= 11 is 0. The van der Waals surface area contributed by atoms with Gasteiger partial charge < -0.3 is 5.73 Å². The quantitative estimate of drug-likeness (QED) is 0.684. The number of Topliss-reactive ketones (excluding diaryl/α,β-unsaturated/α-hetero) is 1. The molecule has 0 saturated heterocycles. The molecule has 0 aromatic carbocycles. The van der Waals surface area contributed by atoms with Crippen LogP contribution in [-0.4, -0.2) is 12.3 Å². The second-order valence-corrected chi connectivity index (χ2v) is 2.83. The standard InChI is InChI=1S/C5H11NO.C4H10/c1-4(2)5(7)3-6;1-3-4-2/h4H,3,6H2,1-2H3;3-4H2,1-2H3. The smallest absolute Gasteiger partial charge is 0.148 e. The van der Waals surface area contributed by atoms with Gasteiger partial charge in [-0.2, -0.15) is 0 Å². The van der Waals surface area contributed by atoms with Gasteiger partial charge in [-0.3, -0.25) is 4.79 Å². The normalized spacial score (nSPS) is 8.91. The Labute approximate surface area is 70.2 Å². The van der Waals surface area contributed by atoms with E-state index >= 15 is 0 Å². The zero-order valence-corrected chi connectivity index (χ0v) is 8.18. The molecule has 0 aromatic heterocycles. The van der Waals surface area contributed by atoms with Crippen molar-refractivity contribution >= 4 is 5.78 Å². The number of carbonyl (C=O) groups is 1. The van der Waals surface area contributed by atoms with Crippen molar-refractivity contribution in [3.63, 3.8) is 0 Å². The molecule has 2 N–H and O–H groups in total. The molecular formula is C9H21NO. The number of carbonyl (C=O) groups excluding carboxylic acids is 1. The topological polar surface area (TPSA) is 43.1 Å². The lowest BCUT2D eigenvalue weighted by Gasteiger charge is -1.96. The van der Waals surface area contributed by atoms with Crippen LogP contribution >= 0.6 is 0 Å². The van der Waals surface area contributed by atoms with Crippen molar-refractivity contribution < 1.29 is 4.79 Å². The lowest BCUT2D eigenvalue weighted by molar-refractivity contribution is -0.120. The van der Waals surface area contributed by atoms with Gasteiger partial charge in [-0.1, -0.05) is 40.5 Å². The van der Waals surface area contributed by atoms with Gasteiger partial charge in [0.1, 0.15) is 5.78 Å². The Morgan fingerprint density at radius 1 is 1.27 bits per heavy atom. The summed E-state index contributed by atoms with van der Waals surface area (Å²) in [6.07, 6.45) is 2.64. The summed E-state index contributed by atoms with van der Waals surface area (Å²) in [7, 11) is 0. The van der Waals surface area contributed by atoms with E-state index in [1.165, 1.54) is 12.8 Å². The summed E-state index contributed by atoms with van der Waals surface area (Å²) in [6.45, 7) is 8.22. The first-order valence-corrected chi connectivity index (χ1v) is 4.32. The average Bonchev–Trinajstić information content (AvgIpc) is 2.03. The first-order valence-electron chi connectivity index (χ1n) is 4.32.